The molecule has 5 rings (SSSR count). The number of H-pyrrole nitrogens is 1. The molecule has 0 saturated carbocycles. The number of piperazine rings is 1. The summed E-state index contributed by atoms with van der Waals surface area (Å²) in [5, 5.41) is 0.626. The van der Waals surface area contributed by atoms with E-state index in [9.17, 15) is 9.18 Å². The van der Waals surface area contributed by atoms with E-state index in [-0.39, 0.29) is 11.7 Å². The van der Waals surface area contributed by atoms with Crippen molar-refractivity contribution in [1.29, 1.82) is 0 Å². The van der Waals surface area contributed by atoms with Gasteiger partial charge in [-0.15, -0.1) is 0 Å². The SMILES string of the molecule is CCc1cc(-c2ccccc2OC)c2cc(C(=O)N3CCN(c4ncc(F)cc4OC)CC3)[nH]c2c1F. The molecule has 0 atom stereocenters. The summed E-state index contributed by atoms with van der Waals surface area (Å²) >= 11 is 0. The molecule has 4 aromatic rings. The number of aromatic amines is 1. The van der Waals surface area contributed by atoms with Gasteiger partial charge in [0.1, 0.15) is 23.1 Å². The van der Waals surface area contributed by atoms with Crippen molar-refractivity contribution in [2.45, 2.75) is 13.3 Å². The predicted octanol–water partition coefficient (Wildman–Crippen LogP) is 5.05. The Balaban J connectivity index is 1.45. The number of carbonyl (C=O) groups is 1. The van der Waals surface area contributed by atoms with Crippen LogP contribution in [0.3, 0.4) is 0 Å². The first-order chi connectivity index (χ1) is 17.9. The van der Waals surface area contributed by atoms with E-state index in [0.29, 0.717) is 72.1 Å². The van der Waals surface area contributed by atoms with Crippen LogP contribution in [0.25, 0.3) is 22.0 Å². The van der Waals surface area contributed by atoms with Gasteiger partial charge >= 0.3 is 0 Å². The standard InChI is InChI=1S/C28H28F2N4O3/c1-4-17-13-20(19-7-5-6-8-23(19)36-2)21-15-22(32-26(21)25(17)30)28(35)34-11-9-33(10-12-34)27-24(37-3)14-18(29)16-31-27/h5-8,13-16,32H,4,9-12H2,1-3H3. The van der Waals surface area contributed by atoms with E-state index in [1.54, 1.807) is 18.1 Å². The van der Waals surface area contributed by atoms with Crippen molar-refractivity contribution in [2.24, 2.45) is 0 Å². The second-order valence-electron chi connectivity index (χ2n) is 8.88. The van der Waals surface area contributed by atoms with Crippen molar-refractivity contribution in [3.05, 3.63) is 71.6 Å². The Morgan fingerprint density at radius 2 is 1.73 bits per heavy atom. The van der Waals surface area contributed by atoms with Gasteiger partial charge in [0.05, 0.1) is 25.9 Å². The van der Waals surface area contributed by atoms with Gasteiger partial charge in [0, 0.05) is 43.2 Å². The van der Waals surface area contributed by atoms with Crippen LogP contribution in [0, 0.1) is 11.6 Å². The normalized spacial score (nSPS) is 13.8. The van der Waals surface area contributed by atoms with E-state index in [4.69, 9.17) is 9.47 Å². The summed E-state index contributed by atoms with van der Waals surface area (Å²) in [6.45, 7) is 3.76. The van der Waals surface area contributed by atoms with E-state index in [2.05, 4.69) is 9.97 Å². The van der Waals surface area contributed by atoms with Crippen molar-refractivity contribution in [1.82, 2.24) is 14.9 Å². The van der Waals surface area contributed by atoms with E-state index in [1.807, 2.05) is 42.2 Å². The molecule has 1 N–H and O–H groups in total. The zero-order valence-corrected chi connectivity index (χ0v) is 21.0. The van der Waals surface area contributed by atoms with E-state index >= 15 is 4.39 Å². The molecule has 192 valence electrons. The smallest absolute Gasteiger partial charge is 0.270 e. The Bertz CT molecular complexity index is 1460. The number of para-hydroxylation sites is 1. The molecule has 0 spiro atoms. The molecule has 1 fully saturated rings. The molecule has 1 aliphatic heterocycles. The number of amides is 1. The third-order valence-corrected chi connectivity index (χ3v) is 6.82. The number of fused-ring (bicyclic) bond motifs is 1. The summed E-state index contributed by atoms with van der Waals surface area (Å²) in [6, 6.07) is 12.4. The number of ether oxygens (including phenoxy) is 2. The molecule has 1 amide bonds. The summed E-state index contributed by atoms with van der Waals surface area (Å²) in [5.41, 5.74) is 2.83. The maximum absolute atomic E-state index is 15.4. The number of pyridine rings is 1. The lowest BCUT2D eigenvalue weighted by Crippen LogP contribution is -2.49. The van der Waals surface area contributed by atoms with Crippen LogP contribution in [0.2, 0.25) is 0 Å². The molecule has 1 saturated heterocycles. The van der Waals surface area contributed by atoms with Crippen LogP contribution in [0.1, 0.15) is 23.0 Å². The summed E-state index contributed by atoms with van der Waals surface area (Å²) in [7, 11) is 3.07. The Morgan fingerprint density at radius 1 is 1.00 bits per heavy atom. The summed E-state index contributed by atoms with van der Waals surface area (Å²) in [5.74, 6) is 0.526. The van der Waals surface area contributed by atoms with Gasteiger partial charge in [-0.1, -0.05) is 25.1 Å². The quantitative estimate of drug-likeness (QED) is 0.396. The zero-order valence-electron chi connectivity index (χ0n) is 21.0. The molecule has 0 aliphatic carbocycles. The van der Waals surface area contributed by atoms with Gasteiger partial charge in [0.25, 0.3) is 5.91 Å². The number of halogens is 2. The molecule has 7 nitrogen and oxygen atoms in total. The molecule has 2 aromatic heterocycles. The number of hydrogen-bond donors (Lipinski definition) is 1. The van der Waals surface area contributed by atoms with Gasteiger partial charge in [-0.3, -0.25) is 4.79 Å². The molecule has 0 radical (unpaired) electrons. The average Bonchev–Trinajstić information content (AvgIpc) is 3.39. The van der Waals surface area contributed by atoms with Crippen molar-refractivity contribution in [3.8, 4) is 22.6 Å². The highest BCUT2D eigenvalue weighted by Gasteiger charge is 2.27. The molecular formula is C28H28F2N4O3. The predicted molar refractivity (Wildman–Crippen MR) is 138 cm³/mol. The highest BCUT2D eigenvalue weighted by molar-refractivity contribution is 6.04. The number of carbonyl (C=O) groups excluding carboxylic acids is 1. The lowest BCUT2D eigenvalue weighted by atomic mass is 9.96. The fourth-order valence-electron chi connectivity index (χ4n) is 4.87. The maximum atomic E-state index is 15.4. The molecule has 1 aliphatic rings. The lowest BCUT2D eigenvalue weighted by molar-refractivity contribution is 0.0741. The highest BCUT2D eigenvalue weighted by Crippen LogP contribution is 2.38. The second kappa shape index (κ2) is 10.1. The molecule has 0 bridgehead atoms. The number of aromatic nitrogens is 2. The van der Waals surface area contributed by atoms with Crippen molar-refractivity contribution in [2.75, 3.05) is 45.3 Å². The van der Waals surface area contributed by atoms with Crippen molar-refractivity contribution < 1.29 is 23.0 Å². The minimum absolute atomic E-state index is 0.210. The number of benzene rings is 2. The summed E-state index contributed by atoms with van der Waals surface area (Å²) < 4.78 is 39.7. The first-order valence-corrected chi connectivity index (χ1v) is 12.2. The number of rotatable bonds is 6. The van der Waals surface area contributed by atoms with E-state index in [0.717, 1.165) is 17.3 Å². The second-order valence-corrected chi connectivity index (χ2v) is 8.88. The fraction of sp³-hybridized carbons (Fsp3) is 0.286. The summed E-state index contributed by atoms with van der Waals surface area (Å²) in [6.07, 6.45) is 1.66. The van der Waals surface area contributed by atoms with Crippen LogP contribution in [0.15, 0.2) is 48.7 Å². The van der Waals surface area contributed by atoms with E-state index < -0.39 is 5.82 Å². The zero-order chi connectivity index (χ0) is 26.1. The first-order valence-electron chi connectivity index (χ1n) is 12.2. The number of nitrogens with zero attached hydrogens (tertiary/aromatic N) is 3. The van der Waals surface area contributed by atoms with Crippen molar-refractivity contribution in [3.63, 3.8) is 0 Å². The molecular weight excluding hydrogens is 478 g/mol. The minimum Gasteiger partial charge on any atom is -0.496 e. The number of aryl methyl sites for hydroxylation is 1. The van der Waals surface area contributed by atoms with Gasteiger partial charge in [-0.05, 0) is 35.7 Å². The highest BCUT2D eigenvalue weighted by atomic mass is 19.1. The molecule has 2 aromatic carbocycles. The van der Waals surface area contributed by atoms with Gasteiger partial charge in [-0.25, -0.2) is 13.8 Å². The topological polar surface area (TPSA) is 70.7 Å². The number of hydrogen-bond acceptors (Lipinski definition) is 5. The van der Waals surface area contributed by atoms with Gasteiger partial charge < -0.3 is 24.3 Å². The Labute approximate surface area is 213 Å². The fourth-order valence-corrected chi connectivity index (χ4v) is 4.87. The van der Waals surface area contributed by atoms with Gasteiger partial charge in [-0.2, -0.15) is 0 Å². The van der Waals surface area contributed by atoms with Gasteiger partial charge in [0.15, 0.2) is 11.6 Å². The average molecular weight is 507 g/mol. The molecule has 3 heterocycles. The number of nitrogens with one attached hydrogen (secondary N) is 1. The monoisotopic (exact) mass is 506 g/mol. The maximum Gasteiger partial charge on any atom is 0.270 e. The Morgan fingerprint density at radius 3 is 2.43 bits per heavy atom. The van der Waals surface area contributed by atoms with Crippen LogP contribution < -0.4 is 14.4 Å². The minimum atomic E-state index is -0.473. The Kier molecular flexibility index (Phi) is 6.69. The summed E-state index contributed by atoms with van der Waals surface area (Å²) in [4.78, 5) is 24.4. The van der Waals surface area contributed by atoms with E-state index in [1.165, 1.54) is 13.2 Å². The van der Waals surface area contributed by atoms with Crippen molar-refractivity contribution >= 4 is 22.6 Å². The third kappa shape index (κ3) is 4.45. The van der Waals surface area contributed by atoms with Crippen LogP contribution in [0.5, 0.6) is 11.5 Å². The lowest BCUT2D eigenvalue weighted by Gasteiger charge is -2.35. The first kappa shape index (κ1) is 24.5. The van der Waals surface area contributed by atoms with Gasteiger partial charge in [0.2, 0.25) is 0 Å². The Hall–Kier alpha value is -4.14. The van der Waals surface area contributed by atoms with Crippen LogP contribution >= 0.6 is 0 Å². The van der Waals surface area contributed by atoms with Crippen LogP contribution in [-0.2, 0) is 6.42 Å². The largest absolute Gasteiger partial charge is 0.496 e. The van der Waals surface area contributed by atoms with Crippen LogP contribution in [-0.4, -0.2) is 61.2 Å². The number of anilines is 1. The molecule has 37 heavy (non-hydrogen) atoms. The molecule has 0 unspecified atom stereocenters. The third-order valence-electron chi connectivity index (χ3n) is 6.82. The molecule has 9 heteroatoms. The van der Waals surface area contributed by atoms with Crippen LogP contribution in [0.4, 0.5) is 14.6 Å². The number of methoxy groups -OCH3 is 2.